The predicted molar refractivity (Wildman–Crippen MR) is 71.2 cm³/mol. The number of nitrogens with zero attached hydrogens (tertiary/aromatic N) is 2. The van der Waals surface area contributed by atoms with Gasteiger partial charge in [0.15, 0.2) is 5.82 Å². The average Bonchev–Trinajstić information content (AvgIpc) is 2.39. The Kier molecular flexibility index (Phi) is 2.40. The molecule has 1 aliphatic heterocycles. The number of fused-ring (bicyclic) bond motifs is 1. The van der Waals surface area contributed by atoms with E-state index in [0.29, 0.717) is 18.1 Å². The Bertz CT molecular complexity index is 622. The van der Waals surface area contributed by atoms with E-state index in [2.05, 4.69) is 15.3 Å². The fraction of sp³-hybridized carbons (Fsp3) is 0.167. The Balaban J connectivity index is 2.15. The minimum absolute atomic E-state index is 0.128. The highest BCUT2D eigenvalue weighted by molar-refractivity contribution is 5.75. The molecule has 2 heterocycles. The molecule has 0 amide bonds. The third-order valence-electron chi connectivity index (χ3n) is 2.88. The van der Waals surface area contributed by atoms with Gasteiger partial charge in [0, 0.05) is 18.8 Å². The van der Waals surface area contributed by atoms with E-state index in [1.165, 1.54) is 0 Å². The lowest BCUT2D eigenvalue weighted by Gasteiger charge is -2.30. The maximum Gasteiger partial charge on any atom is 0.277 e. The second-order valence-electron chi connectivity index (χ2n) is 4.06. The zero-order chi connectivity index (χ0) is 12.5. The highest BCUT2D eigenvalue weighted by atomic mass is 16.1. The van der Waals surface area contributed by atoms with E-state index in [1.54, 1.807) is 0 Å². The highest BCUT2D eigenvalue weighted by Gasteiger charge is 2.22. The van der Waals surface area contributed by atoms with Crippen LogP contribution in [0.3, 0.4) is 0 Å². The maximum absolute atomic E-state index is 11.8. The monoisotopic (exact) mass is 243 g/mol. The van der Waals surface area contributed by atoms with Crippen molar-refractivity contribution in [2.45, 2.75) is 0 Å². The van der Waals surface area contributed by atoms with Gasteiger partial charge >= 0.3 is 0 Å². The summed E-state index contributed by atoms with van der Waals surface area (Å²) in [5, 5.41) is 3.05. The zero-order valence-electron chi connectivity index (χ0n) is 9.68. The Morgan fingerprint density at radius 3 is 2.83 bits per heavy atom. The summed E-state index contributed by atoms with van der Waals surface area (Å²) < 4.78 is 0. The number of H-pyrrole nitrogens is 1. The summed E-state index contributed by atoms with van der Waals surface area (Å²) in [6.07, 6.45) is 0. The molecule has 0 spiro atoms. The number of anilines is 4. The first-order valence-electron chi connectivity index (χ1n) is 5.72. The van der Waals surface area contributed by atoms with Crippen LogP contribution in [0.5, 0.6) is 0 Å². The highest BCUT2D eigenvalue weighted by Crippen LogP contribution is 2.30. The third kappa shape index (κ3) is 1.67. The van der Waals surface area contributed by atoms with Crippen LogP contribution in [0.25, 0.3) is 0 Å². The maximum atomic E-state index is 11.8. The normalized spacial score (nSPS) is 13.9. The average molecular weight is 243 g/mol. The summed E-state index contributed by atoms with van der Waals surface area (Å²) in [5.41, 5.74) is 6.83. The molecular weight excluding hydrogens is 230 g/mol. The van der Waals surface area contributed by atoms with Gasteiger partial charge in [0.2, 0.25) is 5.95 Å². The van der Waals surface area contributed by atoms with Crippen molar-refractivity contribution >= 4 is 23.1 Å². The molecule has 4 N–H and O–H groups in total. The predicted octanol–water partition coefficient (Wildman–Crippen LogP) is 0.916. The van der Waals surface area contributed by atoms with Crippen molar-refractivity contribution in [2.24, 2.45) is 0 Å². The lowest BCUT2D eigenvalue weighted by molar-refractivity contribution is 0.888. The topological polar surface area (TPSA) is 87.0 Å². The number of aromatic nitrogens is 2. The van der Waals surface area contributed by atoms with Crippen molar-refractivity contribution in [2.75, 3.05) is 29.0 Å². The first-order chi connectivity index (χ1) is 8.75. The number of hydrogen-bond acceptors (Lipinski definition) is 5. The summed E-state index contributed by atoms with van der Waals surface area (Å²) in [4.78, 5) is 20.5. The number of nitrogens with one attached hydrogen (secondary N) is 2. The molecular formula is C12H13N5O. The lowest BCUT2D eigenvalue weighted by Crippen LogP contribution is -2.35. The summed E-state index contributed by atoms with van der Waals surface area (Å²) in [7, 11) is 0. The molecule has 1 aliphatic rings. The van der Waals surface area contributed by atoms with E-state index in [0.717, 1.165) is 12.2 Å². The molecule has 0 atom stereocenters. The second kappa shape index (κ2) is 4.06. The number of para-hydroxylation sites is 1. The molecule has 0 saturated heterocycles. The van der Waals surface area contributed by atoms with Crippen molar-refractivity contribution in [3.8, 4) is 0 Å². The minimum Gasteiger partial charge on any atom is -0.376 e. The molecule has 0 fully saturated rings. The molecule has 2 aromatic rings. The molecule has 6 nitrogen and oxygen atoms in total. The molecule has 18 heavy (non-hydrogen) atoms. The first-order valence-corrected chi connectivity index (χ1v) is 5.72. The van der Waals surface area contributed by atoms with Gasteiger partial charge in [-0.1, -0.05) is 18.2 Å². The molecule has 0 saturated carbocycles. The van der Waals surface area contributed by atoms with Gasteiger partial charge in [-0.3, -0.25) is 9.78 Å². The van der Waals surface area contributed by atoms with E-state index in [9.17, 15) is 4.79 Å². The number of aromatic amines is 1. The number of rotatable bonds is 1. The number of nitrogens with two attached hydrogens (primary N) is 1. The van der Waals surface area contributed by atoms with Crippen LogP contribution in [0.15, 0.2) is 35.1 Å². The van der Waals surface area contributed by atoms with E-state index in [4.69, 9.17) is 5.73 Å². The number of benzene rings is 1. The van der Waals surface area contributed by atoms with Crippen LogP contribution >= 0.6 is 0 Å². The van der Waals surface area contributed by atoms with Gasteiger partial charge in [-0.15, -0.1) is 0 Å². The summed E-state index contributed by atoms with van der Waals surface area (Å²) in [6, 6.07) is 9.82. The van der Waals surface area contributed by atoms with Gasteiger partial charge in [-0.25, -0.2) is 0 Å². The van der Waals surface area contributed by atoms with Gasteiger partial charge in [-0.2, -0.15) is 4.98 Å². The molecule has 92 valence electrons. The van der Waals surface area contributed by atoms with Crippen LogP contribution in [0, 0.1) is 0 Å². The molecule has 0 aliphatic carbocycles. The Hall–Kier alpha value is -2.50. The molecule has 1 aromatic heterocycles. The van der Waals surface area contributed by atoms with E-state index >= 15 is 0 Å². The third-order valence-corrected chi connectivity index (χ3v) is 2.88. The molecule has 6 heteroatoms. The van der Waals surface area contributed by atoms with Gasteiger partial charge in [0.05, 0.1) is 0 Å². The Labute approximate surface area is 103 Å². The van der Waals surface area contributed by atoms with Crippen molar-refractivity contribution in [3.63, 3.8) is 0 Å². The summed E-state index contributed by atoms with van der Waals surface area (Å²) in [5.74, 6) is 0.706. The van der Waals surface area contributed by atoms with E-state index in [-0.39, 0.29) is 11.5 Å². The van der Waals surface area contributed by atoms with Crippen LogP contribution in [-0.2, 0) is 0 Å². The first kappa shape index (κ1) is 10.6. The van der Waals surface area contributed by atoms with Crippen molar-refractivity contribution < 1.29 is 0 Å². The van der Waals surface area contributed by atoms with Crippen molar-refractivity contribution in [3.05, 3.63) is 40.7 Å². The summed E-state index contributed by atoms with van der Waals surface area (Å²) in [6.45, 7) is 1.43. The molecule has 0 unspecified atom stereocenters. The largest absolute Gasteiger partial charge is 0.376 e. The lowest BCUT2D eigenvalue weighted by atomic mass is 10.2. The summed E-state index contributed by atoms with van der Waals surface area (Å²) >= 11 is 0. The van der Waals surface area contributed by atoms with Gasteiger partial charge in [-0.05, 0) is 12.1 Å². The molecule has 0 bridgehead atoms. The smallest absolute Gasteiger partial charge is 0.277 e. The van der Waals surface area contributed by atoms with E-state index < -0.39 is 0 Å². The fourth-order valence-corrected chi connectivity index (χ4v) is 2.09. The van der Waals surface area contributed by atoms with Gasteiger partial charge in [0.25, 0.3) is 5.56 Å². The molecule has 0 radical (unpaired) electrons. The Morgan fingerprint density at radius 2 is 2.06 bits per heavy atom. The van der Waals surface area contributed by atoms with Gasteiger partial charge < -0.3 is 16.0 Å². The molecule has 3 rings (SSSR count). The number of hydrogen-bond donors (Lipinski definition) is 3. The van der Waals surface area contributed by atoms with E-state index in [1.807, 2.05) is 35.2 Å². The van der Waals surface area contributed by atoms with Crippen LogP contribution in [0.1, 0.15) is 0 Å². The minimum atomic E-state index is -0.238. The van der Waals surface area contributed by atoms with Crippen LogP contribution in [0.4, 0.5) is 23.1 Å². The Morgan fingerprint density at radius 1 is 1.28 bits per heavy atom. The van der Waals surface area contributed by atoms with Crippen molar-refractivity contribution in [1.29, 1.82) is 0 Å². The molecule has 1 aromatic carbocycles. The zero-order valence-corrected chi connectivity index (χ0v) is 9.68. The second-order valence-corrected chi connectivity index (χ2v) is 4.06. The quantitative estimate of drug-likeness (QED) is 0.693. The van der Waals surface area contributed by atoms with Crippen LogP contribution in [0.2, 0.25) is 0 Å². The SMILES string of the molecule is Nc1nc2c(c(=O)[nH]1)NCCN2c1ccccc1. The van der Waals surface area contributed by atoms with Crippen LogP contribution in [-0.4, -0.2) is 23.1 Å². The fourth-order valence-electron chi connectivity index (χ4n) is 2.09. The standard InChI is InChI=1S/C12H13N5O/c13-12-15-10-9(11(18)16-12)14-6-7-17(10)8-4-2-1-3-5-8/h1-5,14H,6-7H2,(H3,13,15,16,18). The van der Waals surface area contributed by atoms with Gasteiger partial charge in [0.1, 0.15) is 5.69 Å². The van der Waals surface area contributed by atoms with Crippen LogP contribution < -0.4 is 21.5 Å². The number of nitrogen functional groups attached to an aromatic ring is 1. The van der Waals surface area contributed by atoms with Crippen molar-refractivity contribution in [1.82, 2.24) is 9.97 Å².